The maximum absolute atomic E-state index is 13.1. The third-order valence-electron chi connectivity index (χ3n) is 5.40. The number of carbonyl (C=O) groups is 4. The van der Waals surface area contributed by atoms with Gasteiger partial charge in [0.1, 0.15) is 24.7 Å². The van der Waals surface area contributed by atoms with Crippen molar-refractivity contribution in [3.63, 3.8) is 0 Å². The molecule has 200 valence electrons. The molecule has 1 N–H and O–H groups in total. The van der Waals surface area contributed by atoms with Gasteiger partial charge >= 0.3 is 5.97 Å². The number of amides is 3. The molecule has 39 heavy (non-hydrogen) atoms. The summed E-state index contributed by atoms with van der Waals surface area (Å²) in [6.07, 6.45) is 1.54. The van der Waals surface area contributed by atoms with Crippen molar-refractivity contribution < 1.29 is 33.0 Å². The van der Waals surface area contributed by atoms with Gasteiger partial charge in [-0.25, -0.2) is 9.18 Å². The van der Waals surface area contributed by atoms with E-state index in [1.807, 2.05) is 0 Å². The first-order valence-corrected chi connectivity index (χ1v) is 12.9. The lowest BCUT2D eigenvalue weighted by Gasteiger charge is -2.13. The second-order valence-corrected chi connectivity index (χ2v) is 9.62. The topological polar surface area (TPSA) is 102 Å². The molecule has 0 aromatic heterocycles. The summed E-state index contributed by atoms with van der Waals surface area (Å²) in [5, 5.41) is 2.13. The minimum absolute atomic E-state index is 0.0780. The third-order valence-corrected chi connectivity index (χ3v) is 6.63. The molecule has 0 saturated carbocycles. The van der Waals surface area contributed by atoms with Crippen LogP contribution >= 0.6 is 23.4 Å². The van der Waals surface area contributed by atoms with Crippen LogP contribution < -0.4 is 10.1 Å². The van der Waals surface area contributed by atoms with Crippen LogP contribution in [0, 0.1) is 5.82 Å². The van der Waals surface area contributed by atoms with Crippen molar-refractivity contribution in [1.82, 2.24) is 4.90 Å². The van der Waals surface area contributed by atoms with Gasteiger partial charge < -0.3 is 14.8 Å². The molecule has 0 radical (unpaired) electrons. The van der Waals surface area contributed by atoms with Crippen molar-refractivity contribution in [2.24, 2.45) is 0 Å². The molecule has 0 unspecified atom stereocenters. The monoisotopic (exact) mass is 568 g/mol. The van der Waals surface area contributed by atoms with Gasteiger partial charge in [-0.3, -0.25) is 19.3 Å². The quantitative estimate of drug-likeness (QED) is 0.253. The maximum Gasteiger partial charge on any atom is 0.339 e. The van der Waals surface area contributed by atoms with Crippen LogP contribution in [0.1, 0.15) is 28.4 Å². The Bertz CT molecular complexity index is 1460. The summed E-state index contributed by atoms with van der Waals surface area (Å²) >= 11 is 6.76. The number of nitrogens with one attached hydrogen (secondary N) is 1. The molecule has 3 amide bonds. The van der Waals surface area contributed by atoms with E-state index in [2.05, 4.69) is 5.32 Å². The zero-order valence-electron chi connectivity index (χ0n) is 20.6. The largest absolute Gasteiger partial charge is 0.489 e. The highest BCUT2D eigenvalue weighted by Crippen LogP contribution is 2.32. The summed E-state index contributed by atoms with van der Waals surface area (Å²) in [7, 11) is 0. The number of rotatable bonds is 9. The zero-order valence-corrected chi connectivity index (χ0v) is 22.2. The van der Waals surface area contributed by atoms with Gasteiger partial charge in [-0.15, -0.1) is 0 Å². The van der Waals surface area contributed by atoms with Crippen LogP contribution in [0.4, 0.5) is 14.9 Å². The summed E-state index contributed by atoms with van der Waals surface area (Å²) in [6, 6.07) is 17.1. The van der Waals surface area contributed by atoms with Gasteiger partial charge in [0.05, 0.1) is 22.1 Å². The minimum atomic E-state index is -0.639. The van der Waals surface area contributed by atoms with E-state index in [1.54, 1.807) is 49.4 Å². The predicted octanol–water partition coefficient (Wildman–Crippen LogP) is 5.91. The van der Waals surface area contributed by atoms with Crippen molar-refractivity contribution in [1.29, 1.82) is 0 Å². The SMILES string of the molecule is CCOC(=O)c1cc(NC(=O)CN2C(=O)S/C(=C/c3cccc(OCc4ccc(F)cc4)c3)C2=O)ccc1Cl. The average molecular weight is 569 g/mol. The van der Waals surface area contributed by atoms with E-state index in [0.29, 0.717) is 11.3 Å². The molecule has 1 aliphatic rings. The fourth-order valence-electron chi connectivity index (χ4n) is 3.54. The van der Waals surface area contributed by atoms with E-state index in [1.165, 1.54) is 30.3 Å². The molecule has 0 bridgehead atoms. The smallest absolute Gasteiger partial charge is 0.339 e. The molecule has 1 aliphatic heterocycles. The highest BCUT2D eigenvalue weighted by Gasteiger charge is 2.36. The van der Waals surface area contributed by atoms with Crippen molar-refractivity contribution in [2.75, 3.05) is 18.5 Å². The number of ether oxygens (including phenoxy) is 2. The number of benzene rings is 3. The predicted molar refractivity (Wildman–Crippen MR) is 146 cm³/mol. The molecule has 3 aromatic rings. The standard InChI is InChI=1S/C28H22ClFN2O6S/c1-2-37-27(35)22-14-20(10-11-23(22)29)31-25(33)15-32-26(34)24(39-28(32)36)13-18-4-3-5-21(12-18)38-16-17-6-8-19(30)9-7-17/h3-14H,2,15-16H2,1H3,(H,31,33)/b24-13+. The molecule has 1 fully saturated rings. The number of hydrogen-bond acceptors (Lipinski definition) is 7. The van der Waals surface area contributed by atoms with Crippen LogP contribution in [0.3, 0.4) is 0 Å². The number of nitrogens with zero attached hydrogens (tertiary/aromatic N) is 1. The van der Waals surface area contributed by atoms with Crippen LogP contribution in [-0.2, 0) is 20.9 Å². The molecule has 0 spiro atoms. The zero-order chi connectivity index (χ0) is 27.9. The van der Waals surface area contributed by atoms with Crippen LogP contribution in [0.25, 0.3) is 6.08 Å². The molecule has 3 aromatic carbocycles. The van der Waals surface area contributed by atoms with Gasteiger partial charge in [-0.1, -0.05) is 35.9 Å². The first kappa shape index (κ1) is 27.9. The summed E-state index contributed by atoms with van der Waals surface area (Å²) in [6.45, 7) is 1.53. The first-order chi connectivity index (χ1) is 18.7. The van der Waals surface area contributed by atoms with E-state index in [-0.39, 0.29) is 40.2 Å². The lowest BCUT2D eigenvalue weighted by Crippen LogP contribution is -2.36. The Hall–Kier alpha value is -4.15. The number of imide groups is 1. The fourth-order valence-corrected chi connectivity index (χ4v) is 4.57. The second-order valence-electron chi connectivity index (χ2n) is 8.22. The second kappa shape index (κ2) is 12.6. The Morgan fingerprint density at radius 3 is 2.59 bits per heavy atom. The van der Waals surface area contributed by atoms with E-state index in [4.69, 9.17) is 21.1 Å². The number of hydrogen-bond donors (Lipinski definition) is 1. The fraction of sp³-hybridized carbons (Fsp3) is 0.143. The average Bonchev–Trinajstić information content (AvgIpc) is 3.17. The van der Waals surface area contributed by atoms with Crippen LogP contribution in [0.5, 0.6) is 5.75 Å². The van der Waals surface area contributed by atoms with Gasteiger partial charge in [-0.2, -0.15) is 0 Å². The van der Waals surface area contributed by atoms with Gasteiger partial charge in [-0.05, 0) is 78.4 Å². The van der Waals surface area contributed by atoms with Crippen LogP contribution in [-0.4, -0.2) is 41.1 Å². The third kappa shape index (κ3) is 7.24. The number of halogens is 2. The van der Waals surface area contributed by atoms with E-state index in [9.17, 15) is 23.6 Å². The molecule has 8 nitrogen and oxygen atoms in total. The van der Waals surface area contributed by atoms with Crippen molar-refractivity contribution in [3.8, 4) is 5.75 Å². The molecule has 4 rings (SSSR count). The molecular formula is C28H22ClFN2O6S. The Labute approximate surface area is 232 Å². The van der Waals surface area contributed by atoms with E-state index < -0.39 is 29.6 Å². The number of esters is 1. The van der Waals surface area contributed by atoms with Crippen molar-refractivity contribution >= 4 is 58.1 Å². The first-order valence-electron chi connectivity index (χ1n) is 11.7. The van der Waals surface area contributed by atoms with Crippen molar-refractivity contribution in [2.45, 2.75) is 13.5 Å². The molecule has 1 heterocycles. The Kier molecular flexibility index (Phi) is 9.00. The van der Waals surface area contributed by atoms with Gasteiger partial charge in [0.25, 0.3) is 11.1 Å². The molecular weight excluding hydrogens is 547 g/mol. The Balaban J connectivity index is 1.39. The highest BCUT2D eigenvalue weighted by atomic mass is 35.5. The van der Waals surface area contributed by atoms with E-state index in [0.717, 1.165) is 22.2 Å². The minimum Gasteiger partial charge on any atom is -0.489 e. The van der Waals surface area contributed by atoms with E-state index >= 15 is 0 Å². The van der Waals surface area contributed by atoms with Crippen LogP contribution in [0.2, 0.25) is 5.02 Å². The summed E-state index contributed by atoms with van der Waals surface area (Å²) in [5.74, 6) is -1.69. The summed E-state index contributed by atoms with van der Waals surface area (Å²) in [4.78, 5) is 51.0. The van der Waals surface area contributed by atoms with Crippen LogP contribution in [0.15, 0.2) is 71.6 Å². The molecule has 0 atom stereocenters. The summed E-state index contributed by atoms with van der Waals surface area (Å²) in [5.41, 5.74) is 1.74. The molecule has 1 saturated heterocycles. The number of thioether (sulfide) groups is 1. The number of carbonyl (C=O) groups excluding carboxylic acids is 4. The Morgan fingerprint density at radius 1 is 1.08 bits per heavy atom. The number of anilines is 1. The lowest BCUT2D eigenvalue weighted by atomic mass is 10.2. The molecule has 11 heteroatoms. The maximum atomic E-state index is 13.1. The molecule has 0 aliphatic carbocycles. The Morgan fingerprint density at radius 2 is 1.85 bits per heavy atom. The van der Waals surface area contributed by atoms with Crippen molar-refractivity contribution in [3.05, 3.63) is 99.2 Å². The van der Waals surface area contributed by atoms with Gasteiger partial charge in [0, 0.05) is 5.69 Å². The normalized spacial score (nSPS) is 14.0. The van der Waals surface area contributed by atoms with Gasteiger partial charge in [0.2, 0.25) is 5.91 Å². The van der Waals surface area contributed by atoms with Gasteiger partial charge in [0.15, 0.2) is 0 Å². The highest BCUT2D eigenvalue weighted by molar-refractivity contribution is 8.18. The summed E-state index contributed by atoms with van der Waals surface area (Å²) < 4.78 is 23.8. The lowest BCUT2D eigenvalue weighted by molar-refractivity contribution is -0.127.